The van der Waals surface area contributed by atoms with Crippen molar-refractivity contribution in [2.24, 2.45) is 12.0 Å². The van der Waals surface area contributed by atoms with Gasteiger partial charge in [0, 0.05) is 19.7 Å². The van der Waals surface area contributed by atoms with Crippen molar-refractivity contribution < 1.29 is 32.2 Å². The van der Waals surface area contributed by atoms with Crippen molar-refractivity contribution in [1.82, 2.24) is 25.2 Å². The molecule has 0 saturated carbocycles. The number of rotatable bonds is 5. The van der Waals surface area contributed by atoms with Crippen molar-refractivity contribution in [3.63, 3.8) is 0 Å². The van der Waals surface area contributed by atoms with Crippen molar-refractivity contribution in [3.05, 3.63) is 17.5 Å². The number of carbonyl (C=O) groups is 2. The van der Waals surface area contributed by atoms with Gasteiger partial charge in [-0.25, -0.2) is 10.3 Å². The van der Waals surface area contributed by atoms with Crippen LogP contribution in [-0.4, -0.2) is 76.2 Å². The van der Waals surface area contributed by atoms with Crippen LogP contribution >= 0.6 is 0 Å². The molecule has 0 aromatic carbocycles. The monoisotopic (exact) mass is 444 g/mol. The van der Waals surface area contributed by atoms with E-state index in [0.29, 0.717) is 16.3 Å². The highest BCUT2D eigenvalue weighted by Crippen LogP contribution is 2.42. The average Bonchev–Trinajstić information content (AvgIpc) is 3.10. The van der Waals surface area contributed by atoms with Crippen LogP contribution in [0.3, 0.4) is 0 Å². The van der Waals surface area contributed by atoms with E-state index >= 15 is 0 Å². The number of amidine groups is 1. The van der Waals surface area contributed by atoms with Crippen LogP contribution in [0, 0.1) is 0 Å². The maximum atomic E-state index is 12.4. The maximum absolute atomic E-state index is 12.4. The first kappa shape index (κ1) is 22.0. The summed E-state index contributed by atoms with van der Waals surface area (Å²) in [6.45, 7) is 4.98. The minimum atomic E-state index is -4.36. The Bertz CT molecular complexity index is 996. The quantitative estimate of drug-likeness (QED) is 0.207. The SMILES string of the molecule is CN=C(NOS(=O)(=O)CC(=O)OC(C)(C)C)[C@@H]1c2c(cnn2C)[C@@H]2CN1C(=O)N2O. The number of urea groups is 1. The predicted octanol–water partition coefficient (Wildman–Crippen LogP) is -0.136. The summed E-state index contributed by atoms with van der Waals surface area (Å²) < 4.78 is 35.6. The van der Waals surface area contributed by atoms with Gasteiger partial charge in [0.15, 0.2) is 11.6 Å². The van der Waals surface area contributed by atoms with Crippen molar-refractivity contribution in [2.45, 2.75) is 38.5 Å². The first-order valence-electron chi connectivity index (χ1n) is 9.01. The molecule has 0 spiro atoms. The Balaban J connectivity index is 1.79. The van der Waals surface area contributed by atoms with E-state index in [9.17, 15) is 23.2 Å². The molecule has 2 N–H and O–H groups in total. The fraction of sp³-hybridized carbons (Fsp3) is 0.625. The van der Waals surface area contributed by atoms with Gasteiger partial charge in [0.05, 0.1) is 18.4 Å². The number of carbonyl (C=O) groups excluding carboxylic acids is 2. The van der Waals surface area contributed by atoms with Crippen molar-refractivity contribution in [2.75, 3.05) is 19.3 Å². The standard InChI is InChI=1S/C16H24N6O7S/c1-16(2,3)28-11(23)8-30(26,27)29-19-14(17-4)13-12-9(6-18-20(12)5)10-7-21(13)15(24)22(10)25/h6,10,13,25H,7-8H2,1-5H3,(H,17,19)/t10-,13-/m0/s1. The largest absolute Gasteiger partial charge is 0.459 e. The molecule has 1 saturated heterocycles. The number of fused-ring (bicyclic) bond motifs is 4. The lowest BCUT2D eigenvalue weighted by Gasteiger charge is -2.31. The van der Waals surface area contributed by atoms with Crippen molar-refractivity contribution >= 4 is 28.0 Å². The summed E-state index contributed by atoms with van der Waals surface area (Å²) in [7, 11) is -1.33. The number of hydrogen-bond acceptors (Lipinski definition) is 9. The fourth-order valence-electron chi connectivity index (χ4n) is 3.41. The molecule has 0 aliphatic carbocycles. The van der Waals surface area contributed by atoms with E-state index in [2.05, 4.69) is 15.6 Å². The Kier molecular flexibility index (Phi) is 5.51. The van der Waals surface area contributed by atoms with E-state index in [1.54, 1.807) is 27.8 Å². The molecule has 0 radical (unpaired) electrons. The molecule has 2 aliphatic heterocycles. The minimum Gasteiger partial charge on any atom is -0.459 e. The van der Waals surface area contributed by atoms with Gasteiger partial charge in [-0.3, -0.25) is 19.7 Å². The molecule has 3 heterocycles. The number of hydrogen-bond donors (Lipinski definition) is 2. The van der Waals surface area contributed by atoms with Crippen LogP contribution in [0.25, 0.3) is 0 Å². The van der Waals surface area contributed by atoms with Crippen LogP contribution in [0.15, 0.2) is 11.2 Å². The van der Waals surface area contributed by atoms with Crippen LogP contribution in [0.4, 0.5) is 4.79 Å². The van der Waals surface area contributed by atoms with Crippen LogP contribution in [-0.2, 0) is 31.0 Å². The van der Waals surface area contributed by atoms with Gasteiger partial charge in [-0.2, -0.15) is 18.6 Å². The smallest absolute Gasteiger partial charge is 0.345 e. The highest BCUT2D eigenvalue weighted by Gasteiger charge is 2.51. The van der Waals surface area contributed by atoms with Crippen LogP contribution < -0.4 is 5.48 Å². The van der Waals surface area contributed by atoms with E-state index < -0.39 is 45.6 Å². The molecule has 14 heteroatoms. The lowest BCUT2D eigenvalue weighted by molar-refractivity contribution is -0.151. The number of amides is 2. The summed E-state index contributed by atoms with van der Waals surface area (Å²) >= 11 is 0. The maximum Gasteiger partial charge on any atom is 0.345 e. The molecule has 2 atom stereocenters. The molecule has 1 fully saturated rings. The van der Waals surface area contributed by atoms with E-state index in [-0.39, 0.29) is 12.4 Å². The van der Waals surface area contributed by atoms with Crippen molar-refractivity contribution in [3.8, 4) is 0 Å². The highest BCUT2D eigenvalue weighted by atomic mass is 32.2. The third-order valence-corrected chi connectivity index (χ3v) is 5.46. The van der Waals surface area contributed by atoms with Gasteiger partial charge < -0.3 is 9.64 Å². The predicted molar refractivity (Wildman–Crippen MR) is 102 cm³/mol. The molecule has 2 aliphatic rings. The normalized spacial score (nSPS) is 21.7. The first-order valence-corrected chi connectivity index (χ1v) is 10.6. The summed E-state index contributed by atoms with van der Waals surface area (Å²) in [6, 6.07) is -2.14. The van der Waals surface area contributed by atoms with Gasteiger partial charge in [-0.15, -0.1) is 4.28 Å². The van der Waals surface area contributed by atoms with Gasteiger partial charge in [-0.05, 0) is 20.8 Å². The van der Waals surface area contributed by atoms with Crippen molar-refractivity contribution in [1.29, 1.82) is 0 Å². The number of aliphatic imine (C=N–C) groups is 1. The lowest BCUT2D eigenvalue weighted by Crippen LogP contribution is -2.45. The zero-order valence-corrected chi connectivity index (χ0v) is 18.0. The highest BCUT2D eigenvalue weighted by molar-refractivity contribution is 7.87. The molecule has 3 rings (SSSR count). The van der Waals surface area contributed by atoms with Gasteiger partial charge in [-0.1, -0.05) is 0 Å². The zero-order valence-electron chi connectivity index (χ0n) is 17.2. The second kappa shape index (κ2) is 7.52. The Morgan fingerprint density at radius 1 is 1.43 bits per heavy atom. The molecule has 13 nitrogen and oxygen atoms in total. The van der Waals surface area contributed by atoms with E-state index in [1.807, 2.05) is 0 Å². The van der Waals surface area contributed by atoms with Crippen LogP contribution in [0.5, 0.6) is 0 Å². The molecular weight excluding hydrogens is 420 g/mol. The number of aromatic nitrogens is 2. The Hall–Kier alpha value is -2.71. The topological polar surface area (TPSA) is 156 Å². The van der Waals surface area contributed by atoms with Gasteiger partial charge in [0.2, 0.25) is 0 Å². The fourth-order valence-corrected chi connectivity index (χ4v) is 4.03. The zero-order chi connectivity index (χ0) is 22.4. The number of ether oxygens (including phenoxy) is 1. The summed E-state index contributed by atoms with van der Waals surface area (Å²) in [5.74, 6) is -2.00. The third-order valence-electron chi connectivity index (χ3n) is 4.54. The molecule has 0 unspecified atom stereocenters. The summed E-state index contributed by atoms with van der Waals surface area (Å²) in [5.41, 5.74) is 2.54. The minimum absolute atomic E-state index is 0.0188. The summed E-state index contributed by atoms with van der Waals surface area (Å²) in [5, 5.41) is 14.9. The second-order valence-electron chi connectivity index (χ2n) is 7.89. The Morgan fingerprint density at radius 3 is 2.70 bits per heavy atom. The number of nitrogens with one attached hydrogen (secondary N) is 1. The summed E-state index contributed by atoms with van der Waals surface area (Å²) in [6.07, 6.45) is 1.53. The van der Waals surface area contributed by atoms with E-state index in [4.69, 9.17) is 9.02 Å². The molecule has 1 aromatic heterocycles. The molecule has 2 amide bonds. The van der Waals surface area contributed by atoms with Gasteiger partial charge in [0.1, 0.15) is 17.7 Å². The van der Waals surface area contributed by atoms with Crippen LogP contribution in [0.2, 0.25) is 0 Å². The van der Waals surface area contributed by atoms with Crippen LogP contribution in [0.1, 0.15) is 44.1 Å². The van der Waals surface area contributed by atoms with Gasteiger partial charge in [0.25, 0.3) is 10.1 Å². The number of aryl methyl sites for hydroxylation is 1. The molecule has 166 valence electrons. The van der Waals surface area contributed by atoms with E-state index in [1.165, 1.54) is 22.8 Å². The average molecular weight is 444 g/mol. The summed E-state index contributed by atoms with van der Waals surface area (Å²) in [4.78, 5) is 29.6. The Morgan fingerprint density at radius 2 is 2.10 bits per heavy atom. The number of nitrogens with zero attached hydrogens (tertiary/aromatic N) is 5. The third kappa shape index (κ3) is 4.11. The Labute approximate surface area is 173 Å². The molecule has 1 aromatic rings. The lowest BCUT2D eigenvalue weighted by atomic mass is 9.97. The molecular formula is C16H24N6O7S. The number of hydroxylamine groups is 3. The molecule has 2 bridgehead atoms. The number of esters is 1. The molecule has 30 heavy (non-hydrogen) atoms. The first-order chi connectivity index (χ1) is 13.8. The van der Waals surface area contributed by atoms with E-state index in [0.717, 1.165) is 0 Å². The van der Waals surface area contributed by atoms with Gasteiger partial charge >= 0.3 is 12.0 Å². The second-order valence-corrected chi connectivity index (χ2v) is 9.46.